The Morgan fingerprint density at radius 3 is 2.29 bits per heavy atom. The van der Waals surface area contributed by atoms with Gasteiger partial charge < -0.3 is 10.4 Å². The van der Waals surface area contributed by atoms with E-state index >= 15 is 0 Å². The number of carbonyl (C=O) groups excluding carboxylic acids is 1. The number of amides is 1. The number of rotatable bonds is 5. The number of nitrogens with one attached hydrogen (secondary N) is 2. The summed E-state index contributed by atoms with van der Waals surface area (Å²) in [5.41, 5.74) is -0.658. The van der Waals surface area contributed by atoms with Gasteiger partial charge in [0.2, 0.25) is 5.91 Å². The van der Waals surface area contributed by atoms with E-state index in [0.29, 0.717) is 18.5 Å². The highest BCUT2D eigenvalue weighted by molar-refractivity contribution is 6.44. The van der Waals surface area contributed by atoms with Gasteiger partial charge >= 0.3 is 5.97 Å². The number of benzene rings is 1. The Labute approximate surface area is 136 Å². The van der Waals surface area contributed by atoms with Crippen LogP contribution >= 0.6 is 34.8 Å². The number of carbonyl (C=O) groups is 2. The van der Waals surface area contributed by atoms with Gasteiger partial charge in [-0.1, -0.05) is 34.8 Å². The summed E-state index contributed by atoms with van der Waals surface area (Å²) in [5, 5.41) is 15.3. The molecule has 0 radical (unpaired) electrons. The molecule has 0 bridgehead atoms. The van der Waals surface area contributed by atoms with Crippen LogP contribution in [0.3, 0.4) is 0 Å². The molecule has 8 heteroatoms. The molecule has 3 N–H and O–H groups in total. The molecule has 0 aromatic heterocycles. The standard InChI is InChI=1S/C13H13Cl3N2O3/c14-7-4-9(16)10(5-8(7)15)18-11(19)6-17-13(12(20)21)2-1-3-13/h4-5,17H,1-3,6H2,(H,18,19)(H,20,21). The Kier molecular flexibility index (Phi) is 4.99. The minimum Gasteiger partial charge on any atom is -0.480 e. The van der Waals surface area contributed by atoms with Crippen LogP contribution in [-0.4, -0.2) is 29.1 Å². The zero-order valence-electron chi connectivity index (χ0n) is 10.9. The summed E-state index contributed by atoms with van der Waals surface area (Å²) in [6.45, 7) is -0.122. The molecule has 0 unspecified atom stereocenters. The molecule has 1 saturated carbocycles. The smallest absolute Gasteiger partial charge is 0.323 e. The molecule has 0 aliphatic heterocycles. The van der Waals surface area contributed by atoms with Crippen LogP contribution in [-0.2, 0) is 9.59 Å². The molecule has 0 atom stereocenters. The van der Waals surface area contributed by atoms with Crippen LogP contribution in [0.4, 0.5) is 5.69 Å². The van der Waals surface area contributed by atoms with Gasteiger partial charge in [0, 0.05) is 0 Å². The second-order valence-electron chi connectivity index (χ2n) is 4.89. The molecule has 21 heavy (non-hydrogen) atoms. The van der Waals surface area contributed by atoms with Crippen LogP contribution in [0.1, 0.15) is 19.3 Å². The van der Waals surface area contributed by atoms with E-state index in [1.165, 1.54) is 12.1 Å². The van der Waals surface area contributed by atoms with E-state index in [2.05, 4.69) is 10.6 Å². The van der Waals surface area contributed by atoms with Gasteiger partial charge in [-0.3, -0.25) is 14.9 Å². The van der Waals surface area contributed by atoms with Crippen LogP contribution in [0.15, 0.2) is 12.1 Å². The molecule has 2 rings (SSSR count). The monoisotopic (exact) mass is 350 g/mol. The van der Waals surface area contributed by atoms with E-state index in [1.807, 2.05) is 0 Å². The van der Waals surface area contributed by atoms with Crippen molar-refractivity contribution in [2.24, 2.45) is 0 Å². The fourth-order valence-electron chi connectivity index (χ4n) is 2.06. The number of anilines is 1. The maximum Gasteiger partial charge on any atom is 0.323 e. The SMILES string of the molecule is O=C(CNC1(C(=O)O)CCC1)Nc1cc(Cl)c(Cl)cc1Cl. The molecular formula is C13H13Cl3N2O3. The molecule has 1 aliphatic rings. The lowest BCUT2D eigenvalue weighted by atomic mass is 9.77. The highest BCUT2D eigenvalue weighted by atomic mass is 35.5. The summed E-state index contributed by atoms with van der Waals surface area (Å²) in [4.78, 5) is 23.0. The summed E-state index contributed by atoms with van der Waals surface area (Å²) in [7, 11) is 0. The van der Waals surface area contributed by atoms with Crippen molar-refractivity contribution in [1.82, 2.24) is 5.32 Å². The number of carboxylic acid groups (broad SMARTS) is 1. The van der Waals surface area contributed by atoms with Gasteiger partial charge in [-0.05, 0) is 31.4 Å². The van der Waals surface area contributed by atoms with Crippen LogP contribution < -0.4 is 10.6 Å². The molecule has 1 aromatic carbocycles. The molecule has 0 saturated heterocycles. The molecule has 0 spiro atoms. The second-order valence-corrected chi connectivity index (χ2v) is 6.11. The Morgan fingerprint density at radius 1 is 1.14 bits per heavy atom. The number of aliphatic carboxylic acids is 1. The van der Waals surface area contributed by atoms with Crippen molar-refractivity contribution in [1.29, 1.82) is 0 Å². The van der Waals surface area contributed by atoms with Gasteiger partial charge in [-0.25, -0.2) is 0 Å². The zero-order chi connectivity index (χ0) is 15.6. The van der Waals surface area contributed by atoms with Crippen LogP contribution in [0, 0.1) is 0 Å². The Bertz CT molecular complexity index is 588. The molecular weight excluding hydrogens is 339 g/mol. The van der Waals surface area contributed by atoms with E-state index in [-0.39, 0.29) is 21.6 Å². The fourth-order valence-corrected chi connectivity index (χ4v) is 2.65. The van der Waals surface area contributed by atoms with Gasteiger partial charge in [-0.15, -0.1) is 0 Å². The molecule has 5 nitrogen and oxygen atoms in total. The summed E-state index contributed by atoms with van der Waals surface area (Å²) < 4.78 is 0. The topological polar surface area (TPSA) is 78.4 Å². The van der Waals surface area contributed by atoms with E-state index < -0.39 is 17.4 Å². The lowest BCUT2D eigenvalue weighted by Gasteiger charge is -2.38. The maximum atomic E-state index is 11.9. The third-order valence-corrected chi connectivity index (χ3v) is 4.52. The van der Waals surface area contributed by atoms with E-state index in [0.717, 1.165) is 6.42 Å². The van der Waals surface area contributed by atoms with Gasteiger partial charge in [0.05, 0.1) is 27.3 Å². The highest BCUT2D eigenvalue weighted by Crippen LogP contribution is 2.33. The quantitative estimate of drug-likeness (QED) is 0.712. The van der Waals surface area contributed by atoms with Crippen LogP contribution in [0.25, 0.3) is 0 Å². The van der Waals surface area contributed by atoms with Crippen molar-refractivity contribution >= 4 is 52.4 Å². The first-order valence-electron chi connectivity index (χ1n) is 6.27. The number of halogens is 3. The van der Waals surface area contributed by atoms with Crippen LogP contribution in [0.2, 0.25) is 15.1 Å². The minimum absolute atomic E-state index is 0.122. The average Bonchev–Trinajstić information content (AvgIpc) is 2.34. The summed E-state index contributed by atoms with van der Waals surface area (Å²) in [6, 6.07) is 2.87. The molecule has 1 amide bonds. The molecule has 114 valence electrons. The van der Waals surface area contributed by atoms with Gasteiger partial charge in [0.1, 0.15) is 5.54 Å². The molecule has 1 aromatic rings. The Morgan fingerprint density at radius 2 is 1.76 bits per heavy atom. The van der Waals surface area contributed by atoms with Crippen molar-refractivity contribution in [2.45, 2.75) is 24.8 Å². The van der Waals surface area contributed by atoms with Crippen molar-refractivity contribution in [3.8, 4) is 0 Å². The first-order valence-corrected chi connectivity index (χ1v) is 7.40. The second kappa shape index (κ2) is 6.40. The predicted octanol–water partition coefficient (Wildman–Crippen LogP) is 3.18. The highest BCUT2D eigenvalue weighted by Gasteiger charge is 2.44. The van der Waals surface area contributed by atoms with Gasteiger partial charge in [-0.2, -0.15) is 0 Å². The summed E-state index contributed by atoms with van der Waals surface area (Å²) in [5.74, 6) is -1.34. The average molecular weight is 352 g/mol. The van der Waals surface area contributed by atoms with E-state index in [9.17, 15) is 9.59 Å². The molecule has 0 heterocycles. The van der Waals surface area contributed by atoms with Crippen molar-refractivity contribution < 1.29 is 14.7 Å². The minimum atomic E-state index is -0.987. The Hall–Kier alpha value is -1.01. The summed E-state index contributed by atoms with van der Waals surface area (Å²) >= 11 is 17.6. The number of carboxylic acids is 1. The molecule has 1 fully saturated rings. The number of hydrogen-bond donors (Lipinski definition) is 3. The molecule has 1 aliphatic carbocycles. The van der Waals surface area contributed by atoms with E-state index in [4.69, 9.17) is 39.9 Å². The van der Waals surface area contributed by atoms with Gasteiger partial charge in [0.25, 0.3) is 0 Å². The number of hydrogen-bond acceptors (Lipinski definition) is 3. The lowest BCUT2D eigenvalue weighted by molar-refractivity contribution is -0.148. The first kappa shape index (κ1) is 16.4. The van der Waals surface area contributed by atoms with Crippen molar-refractivity contribution in [3.05, 3.63) is 27.2 Å². The van der Waals surface area contributed by atoms with Crippen molar-refractivity contribution in [2.75, 3.05) is 11.9 Å². The maximum absolute atomic E-state index is 11.9. The van der Waals surface area contributed by atoms with Gasteiger partial charge in [0.15, 0.2) is 0 Å². The predicted molar refractivity (Wildman–Crippen MR) is 82.3 cm³/mol. The normalized spacial score (nSPS) is 16.1. The zero-order valence-corrected chi connectivity index (χ0v) is 13.1. The summed E-state index contributed by atoms with van der Waals surface area (Å²) in [6.07, 6.45) is 1.87. The fraction of sp³-hybridized carbons (Fsp3) is 0.385. The Balaban J connectivity index is 1.96. The van der Waals surface area contributed by atoms with E-state index in [1.54, 1.807) is 0 Å². The third-order valence-electron chi connectivity index (χ3n) is 3.49. The largest absolute Gasteiger partial charge is 0.480 e. The van der Waals surface area contributed by atoms with Crippen molar-refractivity contribution in [3.63, 3.8) is 0 Å². The van der Waals surface area contributed by atoms with Crippen LogP contribution in [0.5, 0.6) is 0 Å². The third kappa shape index (κ3) is 3.61. The lowest BCUT2D eigenvalue weighted by Crippen LogP contribution is -2.58. The first-order chi connectivity index (χ1) is 9.84.